The minimum Gasteiger partial charge on any atom is -0.378 e. The summed E-state index contributed by atoms with van der Waals surface area (Å²) in [6, 6.07) is 4.26. The van der Waals surface area contributed by atoms with Gasteiger partial charge in [-0.2, -0.15) is 0 Å². The van der Waals surface area contributed by atoms with E-state index in [1.165, 1.54) is 5.56 Å². The van der Waals surface area contributed by atoms with Crippen LogP contribution in [0.25, 0.3) is 0 Å². The first kappa shape index (κ1) is 12.5. The Kier molecular flexibility index (Phi) is 3.50. The van der Waals surface area contributed by atoms with Crippen molar-refractivity contribution in [3.8, 4) is 0 Å². The second kappa shape index (κ2) is 4.75. The van der Waals surface area contributed by atoms with Crippen LogP contribution in [0.5, 0.6) is 0 Å². The van der Waals surface area contributed by atoms with Gasteiger partial charge >= 0.3 is 0 Å². The van der Waals surface area contributed by atoms with Crippen molar-refractivity contribution in [1.82, 2.24) is 4.98 Å². The van der Waals surface area contributed by atoms with Gasteiger partial charge in [0, 0.05) is 25.8 Å². The number of hydrogen-bond donors (Lipinski definition) is 0. The summed E-state index contributed by atoms with van der Waals surface area (Å²) in [5, 5.41) is 0. The van der Waals surface area contributed by atoms with Crippen molar-refractivity contribution >= 4 is 0 Å². The van der Waals surface area contributed by atoms with E-state index in [1.807, 2.05) is 0 Å². The van der Waals surface area contributed by atoms with Crippen LogP contribution in [0.3, 0.4) is 0 Å². The number of aryl methyl sites for hydroxylation is 1. The van der Waals surface area contributed by atoms with Gasteiger partial charge in [0.15, 0.2) is 0 Å². The molecular weight excluding hydrogens is 214 g/mol. The predicted molar refractivity (Wildman–Crippen MR) is 67.2 cm³/mol. The summed E-state index contributed by atoms with van der Waals surface area (Å²) in [7, 11) is 1.74. The molecule has 2 heterocycles. The van der Waals surface area contributed by atoms with Gasteiger partial charge in [-0.15, -0.1) is 0 Å². The Bertz CT molecular complexity index is 395. The van der Waals surface area contributed by atoms with Gasteiger partial charge in [0.05, 0.1) is 12.3 Å². The normalized spacial score (nSPS) is 24.5. The van der Waals surface area contributed by atoms with E-state index < -0.39 is 0 Å². The Morgan fingerprint density at radius 1 is 1.41 bits per heavy atom. The fourth-order valence-corrected chi connectivity index (χ4v) is 2.24. The van der Waals surface area contributed by atoms with Crippen molar-refractivity contribution in [1.29, 1.82) is 0 Å². The molecule has 3 heteroatoms. The molecule has 3 nitrogen and oxygen atoms in total. The summed E-state index contributed by atoms with van der Waals surface area (Å²) < 4.78 is 11.2. The van der Waals surface area contributed by atoms with Crippen LogP contribution in [0.1, 0.15) is 43.1 Å². The molecule has 0 aliphatic carbocycles. The molecule has 0 saturated carbocycles. The lowest BCUT2D eigenvalue weighted by atomic mass is 9.95. The molecule has 1 saturated heterocycles. The zero-order valence-corrected chi connectivity index (χ0v) is 11.1. The average molecular weight is 235 g/mol. The summed E-state index contributed by atoms with van der Waals surface area (Å²) in [4.78, 5) is 4.75. The maximum absolute atomic E-state index is 5.69. The third-order valence-electron chi connectivity index (χ3n) is 3.42. The number of aromatic nitrogens is 1. The quantitative estimate of drug-likeness (QED) is 0.807. The topological polar surface area (TPSA) is 31.4 Å². The Balaban J connectivity index is 2.43. The number of nitrogens with zero attached hydrogens (tertiary/aromatic N) is 1. The van der Waals surface area contributed by atoms with Crippen LogP contribution in [-0.2, 0) is 15.1 Å². The molecule has 0 amide bonds. The molecule has 0 radical (unpaired) electrons. The van der Waals surface area contributed by atoms with Gasteiger partial charge in [-0.05, 0) is 30.5 Å². The van der Waals surface area contributed by atoms with Crippen molar-refractivity contribution in [3.63, 3.8) is 0 Å². The minimum absolute atomic E-state index is 0.338. The van der Waals surface area contributed by atoms with E-state index in [4.69, 9.17) is 14.5 Å². The van der Waals surface area contributed by atoms with Crippen LogP contribution < -0.4 is 0 Å². The monoisotopic (exact) mass is 235 g/mol. The van der Waals surface area contributed by atoms with Crippen LogP contribution in [-0.4, -0.2) is 25.3 Å². The van der Waals surface area contributed by atoms with E-state index in [2.05, 4.69) is 32.9 Å². The zero-order valence-electron chi connectivity index (χ0n) is 11.1. The van der Waals surface area contributed by atoms with Crippen molar-refractivity contribution < 1.29 is 9.47 Å². The number of rotatable bonds is 3. The first-order valence-corrected chi connectivity index (χ1v) is 6.19. The summed E-state index contributed by atoms with van der Waals surface area (Å²) in [5.74, 6) is 0.435. The molecule has 1 aliphatic heterocycles. The van der Waals surface area contributed by atoms with Gasteiger partial charge in [-0.25, -0.2) is 0 Å². The maximum Gasteiger partial charge on any atom is 0.135 e. The second-order valence-electron chi connectivity index (χ2n) is 5.11. The fraction of sp³-hybridized carbons (Fsp3) is 0.643. The highest BCUT2D eigenvalue weighted by Crippen LogP contribution is 2.33. The summed E-state index contributed by atoms with van der Waals surface area (Å²) >= 11 is 0. The van der Waals surface area contributed by atoms with Gasteiger partial charge in [-0.3, -0.25) is 4.98 Å². The van der Waals surface area contributed by atoms with Gasteiger partial charge < -0.3 is 9.47 Å². The van der Waals surface area contributed by atoms with Crippen LogP contribution >= 0.6 is 0 Å². The molecule has 0 spiro atoms. The molecular formula is C14H21NO2. The molecule has 0 N–H and O–H groups in total. The molecule has 1 aromatic heterocycles. The Morgan fingerprint density at radius 2 is 2.18 bits per heavy atom. The van der Waals surface area contributed by atoms with Crippen LogP contribution in [0.4, 0.5) is 0 Å². The summed E-state index contributed by atoms with van der Waals surface area (Å²) in [6.45, 7) is 7.79. The third-order valence-corrected chi connectivity index (χ3v) is 3.42. The largest absolute Gasteiger partial charge is 0.378 e. The van der Waals surface area contributed by atoms with E-state index in [-0.39, 0.29) is 5.60 Å². The summed E-state index contributed by atoms with van der Waals surface area (Å²) in [5.41, 5.74) is 3.04. The van der Waals surface area contributed by atoms with Gasteiger partial charge in [-0.1, -0.05) is 13.8 Å². The van der Waals surface area contributed by atoms with E-state index in [1.54, 1.807) is 7.11 Å². The highest BCUT2D eigenvalue weighted by molar-refractivity contribution is 5.26. The van der Waals surface area contributed by atoms with Crippen LogP contribution in [0, 0.1) is 6.92 Å². The molecule has 94 valence electrons. The van der Waals surface area contributed by atoms with Gasteiger partial charge in [0.25, 0.3) is 0 Å². The van der Waals surface area contributed by atoms with Crippen LogP contribution in [0.2, 0.25) is 0 Å². The van der Waals surface area contributed by atoms with Crippen molar-refractivity contribution in [2.75, 3.05) is 20.3 Å². The Morgan fingerprint density at radius 3 is 2.71 bits per heavy atom. The lowest BCUT2D eigenvalue weighted by Gasteiger charge is -2.26. The molecule has 0 aromatic carbocycles. The molecule has 1 unspecified atom stereocenters. The standard InChI is InChI=1S/C14H21NO2/c1-10(2)12-7-11(3)8-13(15-12)14(16-4)5-6-17-9-14/h7-8,10H,5-6,9H2,1-4H3. The van der Waals surface area contributed by atoms with Crippen molar-refractivity contribution in [2.45, 2.75) is 38.7 Å². The first-order chi connectivity index (χ1) is 8.07. The highest BCUT2D eigenvalue weighted by Gasteiger charge is 2.38. The first-order valence-electron chi connectivity index (χ1n) is 6.19. The van der Waals surface area contributed by atoms with E-state index in [0.29, 0.717) is 12.5 Å². The van der Waals surface area contributed by atoms with E-state index in [9.17, 15) is 0 Å². The van der Waals surface area contributed by atoms with E-state index in [0.717, 1.165) is 24.4 Å². The molecule has 0 bridgehead atoms. The number of hydrogen-bond acceptors (Lipinski definition) is 3. The fourth-order valence-electron chi connectivity index (χ4n) is 2.24. The molecule has 1 fully saturated rings. The molecule has 2 rings (SSSR count). The number of ether oxygens (including phenoxy) is 2. The van der Waals surface area contributed by atoms with Crippen LogP contribution in [0.15, 0.2) is 12.1 Å². The molecule has 1 aliphatic rings. The lowest BCUT2D eigenvalue weighted by Crippen LogP contribution is -2.30. The SMILES string of the molecule is COC1(c2cc(C)cc(C(C)C)n2)CCOC1. The zero-order chi connectivity index (χ0) is 12.5. The Labute approximate surface area is 103 Å². The average Bonchev–Trinajstić information content (AvgIpc) is 2.78. The Hall–Kier alpha value is -0.930. The van der Waals surface area contributed by atoms with Gasteiger partial charge in [0.2, 0.25) is 0 Å². The van der Waals surface area contributed by atoms with Crippen molar-refractivity contribution in [2.24, 2.45) is 0 Å². The smallest absolute Gasteiger partial charge is 0.135 e. The van der Waals surface area contributed by atoms with Gasteiger partial charge in [0.1, 0.15) is 5.60 Å². The predicted octanol–water partition coefficient (Wildman–Crippen LogP) is 2.78. The summed E-state index contributed by atoms with van der Waals surface area (Å²) in [6.07, 6.45) is 0.886. The van der Waals surface area contributed by atoms with E-state index >= 15 is 0 Å². The molecule has 1 aromatic rings. The second-order valence-corrected chi connectivity index (χ2v) is 5.11. The third kappa shape index (κ3) is 2.35. The van der Waals surface area contributed by atoms with Crippen molar-refractivity contribution in [3.05, 3.63) is 29.1 Å². The molecule has 17 heavy (non-hydrogen) atoms. The number of methoxy groups -OCH3 is 1. The minimum atomic E-state index is -0.338. The highest BCUT2D eigenvalue weighted by atomic mass is 16.5. The molecule has 1 atom stereocenters. The number of pyridine rings is 1. The lowest BCUT2D eigenvalue weighted by molar-refractivity contribution is -0.0248. The maximum atomic E-state index is 5.69.